The van der Waals surface area contributed by atoms with Gasteiger partial charge < -0.3 is 14.6 Å². The Balaban J connectivity index is 2.25. The van der Waals surface area contributed by atoms with Gasteiger partial charge in [-0.25, -0.2) is 8.78 Å². The fraction of sp³-hybridized carbons (Fsp3) is 0.343. The first-order valence-corrected chi connectivity index (χ1v) is 15.8. The van der Waals surface area contributed by atoms with Gasteiger partial charge in [-0.1, -0.05) is 12.2 Å². The molecule has 0 fully saturated rings. The number of allylic oxidation sites excluding steroid dienone is 2. The van der Waals surface area contributed by atoms with Gasteiger partial charge in [-0.05, 0) is 114 Å². The zero-order chi connectivity index (χ0) is 34.9. The van der Waals surface area contributed by atoms with E-state index in [9.17, 15) is 31.9 Å². The SMILES string of the molecule is C=CCCCCc1cc(F)cc(C)c1-c1cc([C@H](CC(=O)OCC)NC(=O)[C@H](CC=C)n2cc(Br)ccc2=O)c(F)c(C(F)(F)F)c1. The first-order chi connectivity index (χ1) is 22.2. The topological polar surface area (TPSA) is 77.4 Å². The van der Waals surface area contributed by atoms with E-state index in [0.29, 0.717) is 47.3 Å². The summed E-state index contributed by atoms with van der Waals surface area (Å²) in [7, 11) is 0. The van der Waals surface area contributed by atoms with Crippen LogP contribution in [0.15, 0.2) is 77.2 Å². The van der Waals surface area contributed by atoms with Gasteiger partial charge in [0.2, 0.25) is 5.91 Å². The Morgan fingerprint density at radius 3 is 2.45 bits per heavy atom. The average Bonchev–Trinajstić information content (AvgIpc) is 2.98. The van der Waals surface area contributed by atoms with Crippen LogP contribution in [0.3, 0.4) is 0 Å². The molecule has 3 aromatic rings. The number of aryl methyl sites for hydroxylation is 2. The van der Waals surface area contributed by atoms with Gasteiger partial charge in [0.1, 0.15) is 17.7 Å². The van der Waals surface area contributed by atoms with Crippen molar-refractivity contribution < 1.29 is 36.3 Å². The lowest BCUT2D eigenvalue weighted by Gasteiger charge is -2.26. The molecular weight excluding hydrogens is 687 g/mol. The molecule has 47 heavy (non-hydrogen) atoms. The summed E-state index contributed by atoms with van der Waals surface area (Å²) in [6, 6.07) is 3.99. The number of pyridine rings is 1. The molecule has 1 amide bonds. The molecule has 0 aliphatic carbocycles. The molecule has 1 N–H and O–H groups in total. The van der Waals surface area contributed by atoms with Crippen molar-refractivity contribution in [2.45, 2.75) is 70.6 Å². The molecule has 2 atom stereocenters. The van der Waals surface area contributed by atoms with Crippen LogP contribution in [0.2, 0.25) is 0 Å². The highest BCUT2D eigenvalue weighted by Crippen LogP contribution is 2.40. The molecule has 0 radical (unpaired) electrons. The van der Waals surface area contributed by atoms with E-state index < -0.39 is 64.9 Å². The number of carbonyl (C=O) groups is 2. The number of nitrogens with one attached hydrogen (secondary N) is 1. The van der Waals surface area contributed by atoms with E-state index in [1.807, 2.05) is 0 Å². The minimum atomic E-state index is -5.17. The number of nitrogens with zero attached hydrogens (tertiary/aromatic N) is 1. The number of amides is 1. The van der Waals surface area contributed by atoms with Crippen LogP contribution >= 0.6 is 15.9 Å². The maximum atomic E-state index is 16.0. The number of benzene rings is 2. The smallest absolute Gasteiger partial charge is 0.419 e. The molecule has 252 valence electrons. The Morgan fingerprint density at radius 1 is 1.09 bits per heavy atom. The minimum absolute atomic E-state index is 0.0705. The zero-order valence-corrected chi connectivity index (χ0v) is 27.6. The van der Waals surface area contributed by atoms with Gasteiger partial charge in [0.15, 0.2) is 0 Å². The van der Waals surface area contributed by atoms with Gasteiger partial charge in [0.25, 0.3) is 5.56 Å². The van der Waals surface area contributed by atoms with Crippen LogP contribution in [-0.4, -0.2) is 23.1 Å². The number of carbonyl (C=O) groups excluding carboxylic acids is 2. The van der Waals surface area contributed by atoms with Gasteiger partial charge in [0, 0.05) is 22.3 Å². The molecule has 1 heterocycles. The lowest BCUT2D eigenvalue weighted by molar-refractivity contribution is -0.144. The van der Waals surface area contributed by atoms with E-state index in [0.717, 1.165) is 10.6 Å². The van der Waals surface area contributed by atoms with Crippen molar-refractivity contribution in [1.82, 2.24) is 9.88 Å². The molecule has 0 unspecified atom stereocenters. The predicted octanol–water partition coefficient (Wildman–Crippen LogP) is 8.71. The highest BCUT2D eigenvalue weighted by atomic mass is 79.9. The van der Waals surface area contributed by atoms with Crippen molar-refractivity contribution in [3.8, 4) is 11.1 Å². The standard InChI is InChI=1S/C35H36BrF5N2O4/c1-5-8-9-10-12-22-16-25(37)15-21(4)32(22)23-17-26(33(38)27(18-23)35(39,40)41)28(19-31(45)47-7-3)42-34(46)29(11-6-2)43-20-24(36)13-14-30(43)44/h5-6,13-18,20,28-29H,1-2,7-12,19H2,3-4H3,(H,42,46)/t28-,29-/m0/s1. The third kappa shape index (κ3) is 9.73. The van der Waals surface area contributed by atoms with Crippen molar-refractivity contribution >= 4 is 27.8 Å². The summed E-state index contributed by atoms with van der Waals surface area (Å²) in [6.45, 7) is 10.3. The van der Waals surface area contributed by atoms with E-state index in [1.54, 1.807) is 6.08 Å². The first kappa shape index (κ1) is 37.4. The van der Waals surface area contributed by atoms with Gasteiger partial charge in [-0.15, -0.1) is 13.2 Å². The maximum absolute atomic E-state index is 16.0. The summed E-state index contributed by atoms with van der Waals surface area (Å²) >= 11 is 3.25. The van der Waals surface area contributed by atoms with Gasteiger partial charge >= 0.3 is 12.1 Å². The molecule has 0 aliphatic heterocycles. The molecule has 3 rings (SSSR count). The Morgan fingerprint density at radius 2 is 1.81 bits per heavy atom. The molecule has 0 bridgehead atoms. The normalized spacial score (nSPS) is 12.7. The predicted molar refractivity (Wildman–Crippen MR) is 174 cm³/mol. The molecule has 1 aromatic heterocycles. The maximum Gasteiger partial charge on any atom is 0.419 e. The summed E-state index contributed by atoms with van der Waals surface area (Å²) in [6.07, 6.45) is 0.800. The fourth-order valence-corrected chi connectivity index (χ4v) is 5.75. The molecule has 0 aliphatic rings. The molecule has 0 saturated heterocycles. The highest BCUT2D eigenvalue weighted by Gasteiger charge is 2.38. The summed E-state index contributed by atoms with van der Waals surface area (Å²) < 4.78 is 80.2. The number of unbranched alkanes of at least 4 members (excludes halogenated alkanes) is 2. The monoisotopic (exact) mass is 722 g/mol. The molecule has 6 nitrogen and oxygen atoms in total. The number of ether oxygens (including phenoxy) is 1. The number of hydrogen-bond acceptors (Lipinski definition) is 4. The third-order valence-electron chi connectivity index (χ3n) is 7.48. The Hall–Kier alpha value is -4.06. The second-order valence-corrected chi connectivity index (χ2v) is 11.8. The Kier molecular flexibility index (Phi) is 13.3. The lowest BCUT2D eigenvalue weighted by atomic mass is 9.88. The summed E-state index contributed by atoms with van der Waals surface area (Å²) in [5.74, 6) is -4.05. The van der Waals surface area contributed by atoms with Gasteiger partial charge in [0.05, 0.1) is 24.6 Å². The van der Waals surface area contributed by atoms with Crippen LogP contribution in [0, 0.1) is 18.6 Å². The second-order valence-electron chi connectivity index (χ2n) is 10.9. The van der Waals surface area contributed by atoms with Crippen LogP contribution in [0.4, 0.5) is 22.0 Å². The molecular formula is C35H36BrF5N2O4. The number of hydrogen-bond donors (Lipinski definition) is 1. The van der Waals surface area contributed by atoms with E-state index in [-0.39, 0.29) is 24.2 Å². The summed E-state index contributed by atoms with van der Waals surface area (Å²) in [5, 5.41) is 2.50. The summed E-state index contributed by atoms with van der Waals surface area (Å²) in [5.41, 5.74) is -1.86. The van der Waals surface area contributed by atoms with Crippen LogP contribution in [-0.2, 0) is 26.9 Å². The van der Waals surface area contributed by atoms with Crippen LogP contribution < -0.4 is 10.9 Å². The number of halogens is 6. The van der Waals surface area contributed by atoms with Crippen molar-refractivity contribution in [2.75, 3.05) is 6.61 Å². The van der Waals surface area contributed by atoms with Crippen molar-refractivity contribution in [1.29, 1.82) is 0 Å². The van der Waals surface area contributed by atoms with Gasteiger partial charge in [-0.2, -0.15) is 13.2 Å². The van der Waals surface area contributed by atoms with Crippen LogP contribution in [0.1, 0.15) is 73.4 Å². The van der Waals surface area contributed by atoms with Crippen LogP contribution in [0.25, 0.3) is 11.1 Å². The van der Waals surface area contributed by atoms with Crippen molar-refractivity contribution in [3.05, 3.63) is 117 Å². The lowest BCUT2D eigenvalue weighted by Crippen LogP contribution is -2.39. The Labute approximate surface area is 278 Å². The Bertz CT molecular complexity index is 1690. The second kappa shape index (κ2) is 16.7. The number of aromatic nitrogens is 1. The summed E-state index contributed by atoms with van der Waals surface area (Å²) in [4.78, 5) is 39.1. The van der Waals surface area contributed by atoms with Crippen molar-refractivity contribution in [2.24, 2.45) is 0 Å². The van der Waals surface area contributed by atoms with Crippen molar-refractivity contribution in [3.63, 3.8) is 0 Å². The van der Waals surface area contributed by atoms with E-state index in [2.05, 4.69) is 34.4 Å². The first-order valence-electron chi connectivity index (χ1n) is 15.0. The number of rotatable bonds is 15. The quantitative estimate of drug-likeness (QED) is 0.0737. The van der Waals surface area contributed by atoms with E-state index >= 15 is 4.39 Å². The van der Waals surface area contributed by atoms with Crippen LogP contribution in [0.5, 0.6) is 0 Å². The third-order valence-corrected chi connectivity index (χ3v) is 7.95. The molecule has 2 aromatic carbocycles. The van der Waals surface area contributed by atoms with E-state index in [1.165, 1.54) is 50.4 Å². The molecule has 0 saturated carbocycles. The van der Waals surface area contributed by atoms with Gasteiger partial charge in [-0.3, -0.25) is 14.4 Å². The number of esters is 1. The van der Waals surface area contributed by atoms with E-state index in [4.69, 9.17) is 4.74 Å². The highest BCUT2D eigenvalue weighted by molar-refractivity contribution is 9.10. The average molecular weight is 724 g/mol. The molecule has 12 heteroatoms. The minimum Gasteiger partial charge on any atom is -0.466 e. The number of alkyl halides is 3. The molecule has 0 spiro atoms. The largest absolute Gasteiger partial charge is 0.466 e. The fourth-order valence-electron chi connectivity index (χ4n) is 5.40. The zero-order valence-electron chi connectivity index (χ0n) is 26.1.